The Morgan fingerprint density at radius 2 is 1.91 bits per heavy atom. The third kappa shape index (κ3) is 4.28. The van der Waals surface area contributed by atoms with Crippen LogP contribution in [0.3, 0.4) is 0 Å². The third-order valence-corrected chi connectivity index (χ3v) is 7.50. The van der Waals surface area contributed by atoms with Gasteiger partial charge in [-0.3, -0.25) is 9.78 Å². The number of carbonyl (C=O) groups excluding carboxylic acids is 1. The van der Waals surface area contributed by atoms with E-state index in [0.29, 0.717) is 18.0 Å². The average Bonchev–Trinajstić information content (AvgIpc) is 2.79. The van der Waals surface area contributed by atoms with Crippen molar-refractivity contribution in [3.05, 3.63) is 58.9 Å². The number of benzene rings is 1. The lowest BCUT2D eigenvalue weighted by Crippen LogP contribution is -2.50. The first kappa shape index (κ1) is 22.4. The highest BCUT2D eigenvalue weighted by Crippen LogP contribution is 2.26. The lowest BCUT2D eigenvalue weighted by molar-refractivity contribution is 0.0691. The van der Waals surface area contributed by atoms with Gasteiger partial charge in [0.15, 0.2) is 5.69 Å². The Morgan fingerprint density at radius 3 is 2.62 bits per heavy atom. The first-order chi connectivity index (χ1) is 15.3. The molecule has 0 spiro atoms. The number of aryl methyl sites for hydroxylation is 1. The van der Waals surface area contributed by atoms with Crippen LogP contribution in [0.5, 0.6) is 5.88 Å². The summed E-state index contributed by atoms with van der Waals surface area (Å²) in [5.41, 5.74) is 1.50. The highest BCUT2D eigenvalue weighted by molar-refractivity contribution is 7.89. The molecule has 2 aromatic heterocycles. The number of amides is 1. The minimum Gasteiger partial charge on any atom is -0.478 e. The number of ether oxygens (including phenoxy) is 1. The molecule has 168 valence electrons. The molecule has 0 radical (unpaired) electrons. The minimum atomic E-state index is -3.77. The first-order valence-electron chi connectivity index (χ1n) is 10.3. The lowest BCUT2D eigenvalue weighted by atomic mass is 10.2. The number of aromatic nitrogens is 2. The highest BCUT2D eigenvalue weighted by atomic mass is 35.5. The van der Waals surface area contributed by atoms with Crippen LogP contribution in [0.1, 0.15) is 23.0 Å². The van der Waals surface area contributed by atoms with E-state index in [0.717, 1.165) is 10.9 Å². The van der Waals surface area contributed by atoms with Gasteiger partial charge in [-0.2, -0.15) is 4.31 Å². The van der Waals surface area contributed by atoms with Crippen LogP contribution >= 0.6 is 11.6 Å². The topological polar surface area (TPSA) is 92.7 Å². The fourth-order valence-corrected chi connectivity index (χ4v) is 5.45. The second-order valence-corrected chi connectivity index (χ2v) is 9.76. The maximum Gasteiger partial charge on any atom is 0.274 e. The molecule has 0 saturated carbocycles. The van der Waals surface area contributed by atoms with Crippen molar-refractivity contribution in [3.63, 3.8) is 0 Å². The summed E-state index contributed by atoms with van der Waals surface area (Å²) in [7, 11) is -3.77. The van der Waals surface area contributed by atoms with Crippen LogP contribution in [0.2, 0.25) is 5.02 Å². The van der Waals surface area contributed by atoms with Crippen LogP contribution in [-0.2, 0) is 10.0 Å². The number of sulfonamides is 1. The highest BCUT2D eigenvalue weighted by Gasteiger charge is 2.32. The maximum absolute atomic E-state index is 13.3. The Labute approximate surface area is 191 Å². The third-order valence-electron chi connectivity index (χ3n) is 5.27. The van der Waals surface area contributed by atoms with Gasteiger partial charge < -0.3 is 9.64 Å². The first-order valence-corrected chi connectivity index (χ1v) is 12.1. The number of rotatable bonds is 5. The fourth-order valence-electron chi connectivity index (χ4n) is 3.67. The van der Waals surface area contributed by atoms with Gasteiger partial charge in [-0.15, -0.1) is 0 Å². The van der Waals surface area contributed by atoms with Crippen molar-refractivity contribution >= 4 is 38.4 Å². The summed E-state index contributed by atoms with van der Waals surface area (Å²) in [6, 6.07) is 10.2. The number of fused-ring (bicyclic) bond motifs is 1. The van der Waals surface area contributed by atoms with Crippen LogP contribution in [0, 0.1) is 6.92 Å². The molecule has 0 N–H and O–H groups in total. The van der Waals surface area contributed by atoms with E-state index < -0.39 is 10.0 Å². The number of piperazine rings is 1. The second-order valence-electron chi connectivity index (χ2n) is 7.45. The molecule has 8 nitrogen and oxygen atoms in total. The van der Waals surface area contributed by atoms with Crippen molar-refractivity contribution in [3.8, 4) is 5.88 Å². The van der Waals surface area contributed by atoms with Crippen molar-refractivity contribution in [1.82, 2.24) is 19.2 Å². The molecule has 3 aromatic rings. The van der Waals surface area contributed by atoms with Crippen LogP contribution in [-0.4, -0.2) is 66.3 Å². The average molecular weight is 475 g/mol. The lowest BCUT2D eigenvalue weighted by Gasteiger charge is -2.34. The quantitative estimate of drug-likeness (QED) is 0.564. The van der Waals surface area contributed by atoms with Crippen molar-refractivity contribution in [2.75, 3.05) is 32.8 Å². The van der Waals surface area contributed by atoms with Crippen molar-refractivity contribution in [1.29, 1.82) is 0 Å². The zero-order valence-corrected chi connectivity index (χ0v) is 19.4. The van der Waals surface area contributed by atoms with Crippen LogP contribution in [0.4, 0.5) is 0 Å². The van der Waals surface area contributed by atoms with E-state index in [4.69, 9.17) is 16.3 Å². The van der Waals surface area contributed by atoms with E-state index in [-0.39, 0.29) is 47.7 Å². The Balaban J connectivity index is 1.53. The van der Waals surface area contributed by atoms with Crippen LogP contribution in [0.25, 0.3) is 10.9 Å². The van der Waals surface area contributed by atoms with Gasteiger partial charge in [-0.25, -0.2) is 13.4 Å². The second kappa shape index (κ2) is 9.01. The summed E-state index contributed by atoms with van der Waals surface area (Å²) in [6.45, 7) is 4.94. The summed E-state index contributed by atoms with van der Waals surface area (Å²) < 4.78 is 33.4. The summed E-state index contributed by atoms with van der Waals surface area (Å²) in [4.78, 5) is 23.2. The zero-order chi connectivity index (χ0) is 22.9. The smallest absolute Gasteiger partial charge is 0.274 e. The van der Waals surface area contributed by atoms with Gasteiger partial charge in [0.1, 0.15) is 4.90 Å². The van der Waals surface area contributed by atoms with Gasteiger partial charge in [0.25, 0.3) is 5.91 Å². The fraction of sp³-hybridized carbons (Fsp3) is 0.318. The molecule has 4 rings (SSSR count). The van der Waals surface area contributed by atoms with Gasteiger partial charge in [0.2, 0.25) is 15.9 Å². The Bertz CT molecular complexity index is 1270. The van der Waals surface area contributed by atoms with Crippen molar-refractivity contribution < 1.29 is 17.9 Å². The van der Waals surface area contributed by atoms with Crippen LogP contribution in [0.15, 0.2) is 47.5 Å². The van der Waals surface area contributed by atoms with E-state index >= 15 is 0 Å². The number of para-hydroxylation sites is 1. The van der Waals surface area contributed by atoms with Gasteiger partial charge >= 0.3 is 0 Å². The summed E-state index contributed by atoms with van der Waals surface area (Å²) in [6.07, 6.45) is 1.66. The number of carbonyl (C=O) groups is 1. The molecule has 32 heavy (non-hydrogen) atoms. The van der Waals surface area contributed by atoms with E-state index in [1.54, 1.807) is 35.4 Å². The predicted molar refractivity (Wildman–Crippen MR) is 122 cm³/mol. The predicted octanol–water partition coefficient (Wildman–Crippen LogP) is 3.14. The molecule has 1 aliphatic rings. The van der Waals surface area contributed by atoms with E-state index in [2.05, 4.69) is 9.97 Å². The Kier molecular flexibility index (Phi) is 6.32. The largest absolute Gasteiger partial charge is 0.478 e. The monoisotopic (exact) mass is 474 g/mol. The maximum atomic E-state index is 13.3. The minimum absolute atomic E-state index is 0.0996. The number of halogens is 1. The molecule has 1 amide bonds. The molecule has 1 aromatic carbocycles. The molecule has 10 heteroatoms. The molecule has 0 atom stereocenters. The molecule has 1 fully saturated rings. The summed E-state index contributed by atoms with van der Waals surface area (Å²) in [5.74, 6) is -0.0314. The number of nitrogens with zero attached hydrogens (tertiary/aromatic N) is 4. The molecule has 0 bridgehead atoms. The van der Waals surface area contributed by atoms with E-state index in [1.807, 2.05) is 26.0 Å². The standard InChI is InChI=1S/C22H23ClN4O4S/c1-3-31-19-8-7-17(23)21(25-19)22(28)26-9-11-27(12-10-26)32(29,30)18-6-4-5-16-13-15(2)14-24-20(16)18/h4-8,13-14H,3,9-12H2,1-2H3. The molecule has 1 saturated heterocycles. The van der Waals surface area contributed by atoms with E-state index in [1.165, 1.54) is 4.31 Å². The Hall–Kier alpha value is -2.75. The number of hydrogen-bond donors (Lipinski definition) is 0. The summed E-state index contributed by atoms with van der Waals surface area (Å²) in [5, 5.41) is 1.00. The van der Waals surface area contributed by atoms with Gasteiger partial charge in [-0.1, -0.05) is 23.7 Å². The number of hydrogen-bond acceptors (Lipinski definition) is 6. The molecule has 0 unspecified atom stereocenters. The van der Waals surface area contributed by atoms with Crippen molar-refractivity contribution in [2.24, 2.45) is 0 Å². The van der Waals surface area contributed by atoms with Gasteiger partial charge in [0.05, 0.1) is 17.1 Å². The number of pyridine rings is 2. The zero-order valence-electron chi connectivity index (χ0n) is 17.8. The molecule has 1 aliphatic heterocycles. The molecular formula is C22H23ClN4O4S. The van der Waals surface area contributed by atoms with E-state index in [9.17, 15) is 13.2 Å². The van der Waals surface area contributed by atoms with Gasteiger partial charge in [0, 0.05) is 43.8 Å². The molecule has 3 heterocycles. The molecule has 0 aliphatic carbocycles. The normalized spacial score (nSPS) is 15.2. The van der Waals surface area contributed by atoms with Crippen LogP contribution < -0.4 is 4.74 Å². The van der Waals surface area contributed by atoms with Crippen molar-refractivity contribution in [2.45, 2.75) is 18.7 Å². The molecular weight excluding hydrogens is 452 g/mol. The summed E-state index contributed by atoms with van der Waals surface area (Å²) >= 11 is 6.18. The Morgan fingerprint density at radius 1 is 1.16 bits per heavy atom. The SMILES string of the molecule is CCOc1ccc(Cl)c(C(=O)N2CCN(S(=O)(=O)c3cccc4cc(C)cnc34)CC2)n1. The van der Waals surface area contributed by atoms with Gasteiger partial charge in [-0.05, 0) is 37.6 Å².